The van der Waals surface area contributed by atoms with Crippen LogP contribution < -0.4 is 15.4 Å². The van der Waals surface area contributed by atoms with Crippen LogP contribution in [0.4, 0.5) is 17.1 Å². The van der Waals surface area contributed by atoms with Crippen molar-refractivity contribution >= 4 is 33.9 Å². The van der Waals surface area contributed by atoms with Gasteiger partial charge in [0.15, 0.2) is 0 Å². The number of aryl methyl sites for hydroxylation is 1. The molecule has 0 saturated heterocycles. The van der Waals surface area contributed by atoms with Crippen LogP contribution in [0.1, 0.15) is 34.5 Å². The normalized spacial score (nSPS) is 12.8. The molecule has 0 aliphatic heterocycles. The quantitative estimate of drug-likeness (QED) is 0.442. The Morgan fingerprint density at radius 3 is 2.66 bits per heavy atom. The molecule has 160 valence electrons. The summed E-state index contributed by atoms with van der Waals surface area (Å²) in [5.41, 5.74) is 6.53. The van der Waals surface area contributed by atoms with Crippen LogP contribution in [0.15, 0.2) is 67.0 Å². The van der Waals surface area contributed by atoms with E-state index in [1.54, 1.807) is 31.6 Å². The molecule has 1 aliphatic rings. The van der Waals surface area contributed by atoms with E-state index in [4.69, 9.17) is 9.72 Å². The highest BCUT2D eigenvalue weighted by atomic mass is 16.5. The number of ether oxygens (including phenoxy) is 1. The van der Waals surface area contributed by atoms with Gasteiger partial charge in [0.25, 0.3) is 5.91 Å². The lowest BCUT2D eigenvalue weighted by molar-refractivity contribution is 0.102. The molecule has 2 aromatic carbocycles. The van der Waals surface area contributed by atoms with E-state index in [9.17, 15) is 4.79 Å². The van der Waals surface area contributed by atoms with Gasteiger partial charge in [-0.1, -0.05) is 12.1 Å². The Hall–Kier alpha value is -3.93. The summed E-state index contributed by atoms with van der Waals surface area (Å²) in [4.78, 5) is 21.6. The molecule has 0 spiro atoms. The van der Waals surface area contributed by atoms with E-state index in [-0.39, 0.29) is 5.91 Å². The molecule has 2 aromatic heterocycles. The van der Waals surface area contributed by atoms with Gasteiger partial charge in [0.2, 0.25) is 0 Å². The Morgan fingerprint density at radius 2 is 1.81 bits per heavy atom. The van der Waals surface area contributed by atoms with Crippen molar-refractivity contribution in [2.45, 2.75) is 25.7 Å². The first kappa shape index (κ1) is 20.0. The number of fused-ring (bicyclic) bond motifs is 2. The van der Waals surface area contributed by atoms with Crippen molar-refractivity contribution in [2.24, 2.45) is 0 Å². The van der Waals surface area contributed by atoms with Crippen molar-refractivity contribution in [3.05, 3.63) is 83.8 Å². The first-order valence-electron chi connectivity index (χ1n) is 10.8. The summed E-state index contributed by atoms with van der Waals surface area (Å²) < 4.78 is 5.56. The summed E-state index contributed by atoms with van der Waals surface area (Å²) in [7, 11) is 1.67. The molecule has 0 atom stereocenters. The number of amides is 1. The monoisotopic (exact) mass is 424 g/mol. The smallest absolute Gasteiger partial charge is 0.255 e. The number of carbonyl (C=O) groups is 1. The number of methoxy groups -OCH3 is 1. The number of carbonyl (C=O) groups excluding carboxylic acids is 1. The van der Waals surface area contributed by atoms with Gasteiger partial charge in [-0.3, -0.25) is 14.8 Å². The van der Waals surface area contributed by atoms with Crippen LogP contribution in [0.25, 0.3) is 10.9 Å². The second kappa shape index (κ2) is 8.67. The van der Waals surface area contributed by atoms with Gasteiger partial charge in [-0.15, -0.1) is 0 Å². The number of aromatic nitrogens is 2. The van der Waals surface area contributed by atoms with Gasteiger partial charge in [0, 0.05) is 34.7 Å². The van der Waals surface area contributed by atoms with Crippen molar-refractivity contribution < 1.29 is 9.53 Å². The van der Waals surface area contributed by atoms with Crippen LogP contribution in [0.5, 0.6) is 5.75 Å². The number of rotatable bonds is 5. The van der Waals surface area contributed by atoms with E-state index in [1.807, 2.05) is 42.5 Å². The number of hydrogen-bond acceptors (Lipinski definition) is 5. The Morgan fingerprint density at radius 1 is 1.00 bits per heavy atom. The average Bonchev–Trinajstić information content (AvgIpc) is 2.85. The van der Waals surface area contributed by atoms with Crippen LogP contribution >= 0.6 is 0 Å². The Balaban J connectivity index is 1.59. The Labute approximate surface area is 186 Å². The lowest BCUT2D eigenvalue weighted by Crippen LogP contribution is -2.12. The summed E-state index contributed by atoms with van der Waals surface area (Å²) in [6, 6.07) is 17.2. The van der Waals surface area contributed by atoms with Crippen LogP contribution in [0.3, 0.4) is 0 Å². The van der Waals surface area contributed by atoms with Gasteiger partial charge < -0.3 is 15.4 Å². The van der Waals surface area contributed by atoms with E-state index in [0.717, 1.165) is 65.1 Å². The highest BCUT2D eigenvalue weighted by Crippen LogP contribution is 2.38. The average molecular weight is 425 g/mol. The molecule has 2 N–H and O–H groups in total. The van der Waals surface area contributed by atoms with E-state index in [1.165, 1.54) is 5.56 Å². The Bertz CT molecular complexity index is 1290. The van der Waals surface area contributed by atoms with Crippen LogP contribution in [-0.2, 0) is 12.8 Å². The van der Waals surface area contributed by atoms with Gasteiger partial charge in [0.1, 0.15) is 5.75 Å². The maximum Gasteiger partial charge on any atom is 0.255 e. The molecule has 6 nitrogen and oxygen atoms in total. The summed E-state index contributed by atoms with van der Waals surface area (Å²) in [6.45, 7) is 0. The first-order chi connectivity index (χ1) is 15.7. The molecule has 1 aliphatic carbocycles. The maximum absolute atomic E-state index is 12.7. The SMILES string of the molecule is COc1ccccc1Nc1c2c(nc3ccc(NC(=O)c4ccncc4)cc13)CCCC2. The topological polar surface area (TPSA) is 76.1 Å². The highest BCUT2D eigenvalue weighted by Gasteiger charge is 2.20. The second-order valence-electron chi connectivity index (χ2n) is 7.87. The molecule has 4 aromatic rings. The number of anilines is 3. The first-order valence-corrected chi connectivity index (χ1v) is 10.8. The summed E-state index contributed by atoms with van der Waals surface area (Å²) >= 11 is 0. The lowest BCUT2D eigenvalue weighted by atomic mass is 9.92. The van der Waals surface area contributed by atoms with Crippen molar-refractivity contribution in [3.8, 4) is 5.75 Å². The van der Waals surface area contributed by atoms with Crippen LogP contribution in [-0.4, -0.2) is 23.0 Å². The molecular weight excluding hydrogens is 400 g/mol. The van der Waals surface area contributed by atoms with Gasteiger partial charge in [-0.2, -0.15) is 0 Å². The zero-order chi connectivity index (χ0) is 21.9. The molecule has 32 heavy (non-hydrogen) atoms. The van der Waals surface area contributed by atoms with Crippen molar-refractivity contribution in [1.82, 2.24) is 9.97 Å². The number of nitrogens with one attached hydrogen (secondary N) is 2. The van der Waals surface area contributed by atoms with Crippen LogP contribution in [0, 0.1) is 0 Å². The predicted octanol–water partition coefficient (Wildman–Crippen LogP) is 5.51. The largest absolute Gasteiger partial charge is 0.495 e. The number of nitrogens with zero attached hydrogens (tertiary/aromatic N) is 2. The van der Waals surface area contributed by atoms with Crippen LogP contribution in [0.2, 0.25) is 0 Å². The fraction of sp³-hybridized carbons (Fsp3) is 0.192. The molecule has 2 heterocycles. The lowest BCUT2D eigenvalue weighted by Gasteiger charge is -2.23. The third kappa shape index (κ3) is 3.87. The van der Waals surface area contributed by atoms with E-state index >= 15 is 0 Å². The van der Waals surface area contributed by atoms with Gasteiger partial charge in [0.05, 0.1) is 24.0 Å². The molecule has 0 bridgehead atoms. The fourth-order valence-electron chi connectivity index (χ4n) is 4.23. The number of hydrogen-bond donors (Lipinski definition) is 2. The molecule has 0 unspecified atom stereocenters. The number of para-hydroxylation sites is 2. The van der Waals surface area contributed by atoms with E-state index in [0.29, 0.717) is 5.56 Å². The molecular formula is C26H24N4O2. The highest BCUT2D eigenvalue weighted by molar-refractivity contribution is 6.06. The van der Waals surface area contributed by atoms with Crippen molar-refractivity contribution in [1.29, 1.82) is 0 Å². The molecule has 5 rings (SSSR count). The minimum absolute atomic E-state index is 0.170. The minimum Gasteiger partial charge on any atom is -0.495 e. The zero-order valence-electron chi connectivity index (χ0n) is 17.9. The Kier molecular flexibility index (Phi) is 5.42. The number of benzene rings is 2. The maximum atomic E-state index is 12.7. The molecule has 6 heteroatoms. The summed E-state index contributed by atoms with van der Waals surface area (Å²) in [5.74, 6) is 0.612. The van der Waals surface area contributed by atoms with Crippen molar-refractivity contribution in [2.75, 3.05) is 17.7 Å². The van der Waals surface area contributed by atoms with E-state index < -0.39 is 0 Å². The molecule has 0 radical (unpaired) electrons. The van der Waals surface area contributed by atoms with Gasteiger partial charge >= 0.3 is 0 Å². The predicted molar refractivity (Wildman–Crippen MR) is 127 cm³/mol. The second-order valence-corrected chi connectivity index (χ2v) is 7.87. The summed E-state index contributed by atoms with van der Waals surface area (Å²) in [6.07, 6.45) is 7.47. The third-order valence-corrected chi connectivity index (χ3v) is 5.83. The van der Waals surface area contributed by atoms with Gasteiger partial charge in [-0.05, 0) is 73.7 Å². The fourth-order valence-corrected chi connectivity index (χ4v) is 4.23. The standard InChI is InChI=1S/C26H24N4O2/c1-32-24-9-5-4-8-23(24)30-25-19-6-2-3-7-21(19)29-22-11-10-18(16-20(22)25)28-26(31)17-12-14-27-15-13-17/h4-5,8-16H,2-3,6-7H2,1H3,(H,28,31)(H,29,30). The summed E-state index contributed by atoms with van der Waals surface area (Å²) in [5, 5.41) is 7.59. The molecule has 0 fully saturated rings. The van der Waals surface area contributed by atoms with E-state index in [2.05, 4.69) is 15.6 Å². The van der Waals surface area contributed by atoms with Gasteiger partial charge in [-0.25, -0.2) is 0 Å². The third-order valence-electron chi connectivity index (χ3n) is 5.83. The number of pyridine rings is 2. The van der Waals surface area contributed by atoms with Crippen molar-refractivity contribution in [3.63, 3.8) is 0 Å². The molecule has 0 saturated carbocycles. The zero-order valence-corrected chi connectivity index (χ0v) is 17.9. The molecule has 1 amide bonds. The minimum atomic E-state index is -0.170.